The standard InChI is InChI=1S/C20H22N2O3/c1-25-18-9-5-8-17-20(18)16(13-21-17)12-19(24)22(10-11-23)14-15-6-3-2-4-7-15/h2-9,13,21,23H,10-12,14H2,1H3. The Labute approximate surface area is 146 Å². The van der Waals surface area contributed by atoms with Crippen molar-refractivity contribution in [3.8, 4) is 5.75 Å². The third-order valence-corrected chi connectivity index (χ3v) is 4.25. The first-order chi connectivity index (χ1) is 12.2. The van der Waals surface area contributed by atoms with E-state index in [1.165, 1.54) is 0 Å². The van der Waals surface area contributed by atoms with Gasteiger partial charge in [0.05, 0.1) is 20.1 Å². The molecule has 0 aliphatic heterocycles. The first-order valence-electron chi connectivity index (χ1n) is 8.28. The molecule has 5 heteroatoms. The number of nitrogens with zero attached hydrogens (tertiary/aromatic N) is 1. The van der Waals surface area contributed by atoms with Crippen molar-refractivity contribution in [2.24, 2.45) is 0 Å². The van der Waals surface area contributed by atoms with Gasteiger partial charge in [0.1, 0.15) is 5.75 Å². The number of aromatic nitrogens is 1. The number of benzene rings is 2. The minimum absolute atomic E-state index is 0.0234. The molecule has 0 spiro atoms. The molecule has 130 valence electrons. The molecule has 0 radical (unpaired) electrons. The molecule has 0 saturated heterocycles. The molecule has 0 fully saturated rings. The molecule has 0 aliphatic carbocycles. The van der Waals surface area contributed by atoms with Gasteiger partial charge in [0, 0.05) is 30.2 Å². The van der Waals surface area contributed by atoms with Gasteiger partial charge in [0.2, 0.25) is 5.91 Å². The Balaban J connectivity index is 1.82. The summed E-state index contributed by atoms with van der Waals surface area (Å²) >= 11 is 0. The van der Waals surface area contributed by atoms with Crippen LogP contribution < -0.4 is 4.74 Å². The Morgan fingerprint density at radius 2 is 1.96 bits per heavy atom. The number of rotatable bonds is 7. The molecule has 0 bridgehead atoms. The molecule has 25 heavy (non-hydrogen) atoms. The molecule has 0 unspecified atom stereocenters. The Morgan fingerprint density at radius 1 is 1.16 bits per heavy atom. The van der Waals surface area contributed by atoms with E-state index in [0.29, 0.717) is 13.1 Å². The Morgan fingerprint density at radius 3 is 2.68 bits per heavy atom. The van der Waals surface area contributed by atoms with Crippen molar-refractivity contribution in [3.05, 3.63) is 65.9 Å². The minimum atomic E-state index is -0.0597. The third-order valence-electron chi connectivity index (χ3n) is 4.25. The van der Waals surface area contributed by atoms with Crippen LogP contribution in [0.15, 0.2) is 54.7 Å². The number of fused-ring (bicyclic) bond motifs is 1. The number of carbonyl (C=O) groups is 1. The summed E-state index contributed by atoms with van der Waals surface area (Å²) in [6.07, 6.45) is 2.11. The average Bonchev–Trinajstić information content (AvgIpc) is 3.05. The summed E-state index contributed by atoms with van der Waals surface area (Å²) in [6.45, 7) is 0.739. The predicted molar refractivity (Wildman–Crippen MR) is 97.5 cm³/mol. The number of hydrogen-bond acceptors (Lipinski definition) is 3. The number of amides is 1. The second-order valence-corrected chi connectivity index (χ2v) is 5.90. The average molecular weight is 338 g/mol. The molecular formula is C20H22N2O3. The lowest BCUT2D eigenvalue weighted by atomic mass is 10.1. The largest absolute Gasteiger partial charge is 0.496 e. The fourth-order valence-corrected chi connectivity index (χ4v) is 3.02. The summed E-state index contributed by atoms with van der Waals surface area (Å²) in [5.74, 6) is 0.725. The maximum absolute atomic E-state index is 12.8. The van der Waals surface area contributed by atoms with E-state index in [2.05, 4.69) is 4.98 Å². The van der Waals surface area contributed by atoms with Crippen molar-refractivity contribution >= 4 is 16.8 Å². The third kappa shape index (κ3) is 3.83. The molecule has 5 nitrogen and oxygen atoms in total. The van der Waals surface area contributed by atoms with Crippen molar-refractivity contribution in [1.82, 2.24) is 9.88 Å². The Hall–Kier alpha value is -2.79. The lowest BCUT2D eigenvalue weighted by Gasteiger charge is -2.22. The van der Waals surface area contributed by atoms with Crippen molar-refractivity contribution in [1.29, 1.82) is 0 Å². The van der Waals surface area contributed by atoms with Crippen molar-refractivity contribution in [2.45, 2.75) is 13.0 Å². The fraction of sp³-hybridized carbons (Fsp3) is 0.250. The van der Waals surface area contributed by atoms with Crippen LogP contribution >= 0.6 is 0 Å². The summed E-state index contributed by atoms with van der Waals surface area (Å²) in [5, 5.41) is 10.3. The molecule has 1 amide bonds. The van der Waals surface area contributed by atoms with Crippen LogP contribution in [-0.2, 0) is 17.8 Å². The van der Waals surface area contributed by atoms with E-state index >= 15 is 0 Å². The molecule has 0 saturated carbocycles. The van der Waals surface area contributed by atoms with E-state index in [9.17, 15) is 9.90 Å². The second-order valence-electron chi connectivity index (χ2n) is 5.90. The minimum Gasteiger partial charge on any atom is -0.496 e. The number of ether oxygens (including phenoxy) is 1. The molecule has 3 aromatic rings. The lowest BCUT2D eigenvalue weighted by Crippen LogP contribution is -2.34. The van der Waals surface area contributed by atoms with Gasteiger partial charge < -0.3 is 19.7 Å². The Kier molecular flexibility index (Phi) is 5.36. The van der Waals surface area contributed by atoms with E-state index in [1.807, 2.05) is 54.7 Å². The highest BCUT2D eigenvalue weighted by atomic mass is 16.5. The molecule has 0 aliphatic rings. The van der Waals surface area contributed by atoms with Crippen molar-refractivity contribution < 1.29 is 14.6 Å². The van der Waals surface area contributed by atoms with Crippen LogP contribution in [0.4, 0.5) is 0 Å². The zero-order valence-corrected chi connectivity index (χ0v) is 14.2. The summed E-state index contributed by atoms with van der Waals surface area (Å²) in [6, 6.07) is 15.6. The quantitative estimate of drug-likeness (QED) is 0.696. The molecule has 2 aromatic carbocycles. The lowest BCUT2D eigenvalue weighted by molar-refractivity contribution is -0.131. The molecule has 3 rings (SSSR count). The van der Waals surface area contributed by atoms with Gasteiger partial charge in [-0.15, -0.1) is 0 Å². The SMILES string of the molecule is COc1cccc2[nH]cc(CC(=O)N(CCO)Cc3ccccc3)c12. The van der Waals surface area contributed by atoms with Crippen LogP contribution in [0.3, 0.4) is 0 Å². The monoisotopic (exact) mass is 338 g/mol. The fourth-order valence-electron chi connectivity index (χ4n) is 3.02. The molecule has 0 atom stereocenters. The summed E-state index contributed by atoms with van der Waals surface area (Å²) in [4.78, 5) is 17.7. The number of nitrogens with one attached hydrogen (secondary N) is 1. The summed E-state index contributed by atoms with van der Waals surface area (Å²) in [7, 11) is 1.63. The number of aliphatic hydroxyl groups is 1. The number of H-pyrrole nitrogens is 1. The van der Waals surface area contributed by atoms with Crippen LogP contribution in [0.1, 0.15) is 11.1 Å². The number of methoxy groups -OCH3 is 1. The van der Waals surface area contributed by atoms with Gasteiger partial charge in [-0.2, -0.15) is 0 Å². The normalized spacial score (nSPS) is 10.8. The second kappa shape index (κ2) is 7.85. The maximum Gasteiger partial charge on any atom is 0.227 e. The van der Waals surface area contributed by atoms with E-state index in [4.69, 9.17) is 4.74 Å². The van der Waals surface area contributed by atoms with Gasteiger partial charge in [-0.1, -0.05) is 36.4 Å². The van der Waals surface area contributed by atoms with Crippen molar-refractivity contribution in [2.75, 3.05) is 20.3 Å². The van der Waals surface area contributed by atoms with E-state index < -0.39 is 0 Å². The van der Waals surface area contributed by atoms with Crippen LogP contribution in [0, 0.1) is 0 Å². The molecule has 2 N–H and O–H groups in total. The van der Waals surface area contributed by atoms with Gasteiger partial charge in [0.15, 0.2) is 0 Å². The number of aliphatic hydroxyl groups excluding tert-OH is 1. The number of aromatic amines is 1. The highest BCUT2D eigenvalue weighted by molar-refractivity contribution is 5.93. The van der Waals surface area contributed by atoms with Crippen LogP contribution in [0.2, 0.25) is 0 Å². The highest BCUT2D eigenvalue weighted by Gasteiger charge is 2.17. The zero-order valence-electron chi connectivity index (χ0n) is 14.2. The summed E-state index contributed by atoms with van der Waals surface area (Å²) < 4.78 is 5.43. The molecule has 1 aromatic heterocycles. The first-order valence-corrected chi connectivity index (χ1v) is 8.28. The number of hydrogen-bond donors (Lipinski definition) is 2. The van der Waals surface area contributed by atoms with Gasteiger partial charge in [-0.3, -0.25) is 4.79 Å². The molecular weight excluding hydrogens is 316 g/mol. The smallest absolute Gasteiger partial charge is 0.227 e. The zero-order chi connectivity index (χ0) is 17.6. The van der Waals surface area contributed by atoms with Gasteiger partial charge in [-0.05, 0) is 23.3 Å². The van der Waals surface area contributed by atoms with E-state index in [1.54, 1.807) is 12.0 Å². The van der Waals surface area contributed by atoms with Crippen LogP contribution in [0.5, 0.6) is 5.75 Å². The van der Waals surface area contributed by atoms with Gasteiger partial charge >= 0.3 is 0 Å². The first kappa shape index (κ1) is 17.0. The number of carbonyl (C=O) groups excluding carboxylic acids is 1. The topological polar surface area (TPSA) is 65.6 Å². The van der Waals surface area contributed by atoms with E-state index in [-0.39, 0.29) is 18.9 Å². The molecule has 1 heterocycles. The van der Waals surface area contributed by atoms with Gasteiger partial charge in [0.25, 0.3) is 0 Å². The predicted octanol–water partition coefficient (Wildman–Crippen LogP) is 2.74. The Bertz CT molecular complexity index is 843. The van der Waals surface area contributed by atoms with Crippen LogP contribution in [0.25, 0.3) is 10.9 Å². The van der Waals surface area contributed by atoms with E-state index in [0.717, 1.165) is 27.8 Å². The van der Waals surface area contributed by atoms with Crippen LogP contribution in [-0.4, -0.2) is 41.2 Å². The van der Waals surface area contributed by atoms with Gasteiger partial charge in [-0.25, -0.2) is 0 Å². The maximum atomic E-state index is 12.8. The van der Waals surface area contributed by atoms with Crippen molar-refractivity contribution in [3.63, 3.8) is 0 Å². The highest BCUT2D eigenvalue weighted by Crippen LogP contribution is 2.29. The summed E-state index contributed by atoms with van der Waals surface area (Å²) in [5.41, 5.74) is 2.88.